The lowest BCUT2D eigenvalue weighted by atomic mass is 10.1. The Bertz CT molecular complexity index is 703. The van der Waals surface area contributed by atoms with Crippen molar-refractivity contribution in [3.05, 3.63) is 58.7 Å². The molecule has 3 rings (SSSR count). The lowest BCUT2D eigenvalue weighted by Gasteiger charge is -2.34. The van der Waals surface area contributed by atoms with E-state index in [4.69, 9.17) is 4.74 Å². The van der Waals surface area contributed by atoms with Gasteiger partial charge in [0.25, 0.3) is 0 Å². The number of methoxy groups -OCH3 is 1. The van der Waals surface area contributed by atoms with Crippen molar-refractivity contribution in [1.82, 2.24) is 0 Å². The molecule has 1 aliphatic rings. The summed E-state index contributed by atoms with van der Waals surface area (Å²) in [6.45, 7) is 12.3. The van der Waals surface area contributed by atoms with Crippen molar-refractivity contribution < 1.29 is 9.64 Å². The molecule has 0 atom stereocenters. The van der Waals surface area contributed by atoms with Crippen molar-refractivity contribution in [3.8, 4) is 5.75 Å². The molecule has 1 fully saturated rings. The summed E-state index contributed by atoms with van der Waals surface area (Å²) in [6.07, 6.45) is 0. The van der Waals surface area contributed by atoms with E-state index in [1.807, 2.05) is 0 Å². The zero-order valence-electron chi connectivity index (χ0n) is 15.4. The fourth-order valence-corrected chi connectivity index (χ4v) is 3.66. The summed E-state index contributed by atoms with van der Waals surface area (Å²) in [5.41, 5.74) is 6.85. The van der Waals surface area contributed by atoms with Gasteiger partial charge in [-0.05, 0) is 61.7 Å². The van der Waals surface area contributed by atoms with Crippen LogP contribution in [0.25, 0.3) is 0 Å². The molecule has 2 aromatic carbocycles. The summed E-state index contributed by atoms with van der Waals surface area (Å²) >= 11 is 0. The summed E-state index contributed by atoms with van der Waals surface area (Å²) < 4.78 is 5.36. The van der Waals surface area contributed by atoms with Gasteiger partial charge in [-0.3, -0.25) is 0 Å². The van der Waals surface area contributed by atoms with E-state index in [9.17, 15) is 0 Å². The lowest BCUT2D eigenvalue weighted by molar-refractivity contribution is -0.914. The van der Waals surface area contributed by atoms with Crippen molar-refractivity contribution >= 4 is 5.69 Å². The summed E-state index contributed by atoms with van der Waals surface area (Å²) in [6, 6.07) is 13.2. The first-order chi connectivity index (χ1) is 11.6. The molecule has 0 aliphatic carbocycles. The van der Waals surface area contributed by atoms with Crippen LogP contribution in [0.4, 0.5) is 5.69 Å². The predicted molar refractivity (Wildman–Crippen MR) is 100 cm³/mol. The summed E-state index contributed by atoms with van der Waals surface area (Å²) in [4.78, 5) is 4.21. The second kappa shape index (κ2) is 7.27. The Labute approximate surface area is 145 Å². The molecule has 0 spiro atoms. The Balaban J connectivity index is 1.61. The van der Waals surface area contributed by atoms with Gasteiger partial charge in [-0.1, -0.05) is 12.1 Å². The monoisotopic (exact) mass is 325 g/mol. The molecule has 0 saturated carbocycles. The van der Waals surface area contributed by atoms with Gasteiger partial charge in [-0.25, -0.2) is 0 Å². The Hall–Kier alpha value is -2.00. The molecule has 128 valence electrons. The van der Waals surface area contributed by atoms with E-state index in [0.717, 1.165) is 25.4 Å². The minimum absolute atomic E-state index is 0.980. The van der Waals surface area contributed by atoms with Crippen molar-refractivity contribution in [2.45, 2.75) is 27.3 Å². The number of anilines is 1. The number of quaternary nitrogens is 1. The number of piperazine rings is 1. The minimum atomic E-state index is 0.980. The smallest absolute Gasteiger partial charge is 0.121 e. The number of ether oxygens (including phenoxy) is 1. The Morgan fingerprint density at radius 2 is 1.75 bits per heavy atom. The van der Waals surface area contributed by atoms with E-state index in [1.165, 1.54) is 41.0 Å². The van der Waals surface area contributed by atoms with Crippen molar-refractivity contribution in [3.63, 3.8) is 0 Å². The van der Waals surface area contributed by atoms with Gasteiger partial charge in [0.05, 0.1) is 33.3 Å². The number of benzene rings is 2. The molecule has 0 unspecified atom stereocenters. The maximum atomic E-state index is 5.36. The zero-order valence-corrected chi connectivity index (χ0v) is 15.4. The number of hydrogen-bond acceptors (Lipinski definition) is 2. The van der Waals surface area contributed by atoms with E-state index in [1.54, 1.807) is 12.0 Å². The number of rotatable bonds is 4. The van der Waals surface area contributed by atoms with E-state index in [2.05, 4.69) is 62.1 Å². The predicted octanol–water partition coefficient (Wildman–Crippen LogP) is 2.53. The van der Waals surface area contributed by atoms with E-state index < -0.39 is 0 Å². The van der Waals surface area contributed by atoms with Crippen LogP contribution < -0.4 is 14.5 Å². The van der Waals surface area contributed by atoms with Crippen LogP contribution in [-0.2, 0) is 6.54 Å². The molecule has 0 bridgehead atoms. The number of aryl methyl sites for hydroxylation is 2. The van der Waals surface area contributed by atoms with Gasteiger partial charge in [0.1, 0.15) is 12.3 Å². The van der Waals surface area contributed by atoms with Gasteiger partial charge in [-0.15, -0.1) is 0 Å². The normalized spacial score (nSPS) is 15.6. The molecular formula is C21H29N2O+. The Morgan fingerprint density at radius 3 is 2.42 bits per heavy atom. The highest BCUT2D eigenvalue weighted by atomic mass is 16.5. The van der Waals surface area contributed by atoms with E-state index in [-0.39, 0.29) is 0 Å². The lowest BCUT2D eigenvalue weighted by Crippen LogP contribution is -3.13. The van der Waals surface area contributed by atoms with Crippen molar-refractivity contribution in [2.75, 3.05) is 38.2 Å². The highest BCUT2D eigenvalue weighted by molar-refractivity contribution is 5.56. The van der Waals surface area contributed by atoms with Gasteiger partial charge < -0.3 is 14.5 Å². The zero-order chi connectivity index (χ0) is 17.1. The topological polar surface area (TPSA) is 16.9 Å². The largest absolute Gasteiger partial charge is 0.496 e. The fourth-order valence-electron chi connectivity index (χ4n) is 3.66. The van der Waals surface area contributed by atoms with Gasteiger partial charge in [0, 0.05) is 11.3 Å². The van der Waals surface area contributed by atoms with Crippen LogP contribution in [0.15, 0.2) is 36.4 Å². The number of nitrogens with one attached hydrogen (secondary N) is 1. The molecule has 2 aromatic rings. The molecule has 24 heavy (non-hydrogen) atoms. The van der Waals surface area contributed by atoms with Gasteiger partial charge in [0.2, 0.25) is 0 Å². The highest BCUT2D eigenvalue weighted by Gasteiger charge is 2.21. The average molecular weight is 325 g/mol. The standard InChI is InChI=1S/C21H28N2O/c1-16-6-5-7-20(18(16)3)23-12-10-22(11-13-23)15-19-8-9-21(24-4)17(2)14-19/h5-9,14H,10-13,15H2,1-4H3/p+1. The second-order valence-corrected chi connectivity index (χ2v) is 6.94. The van der Waals surface area contributed by atoms with Crippen LogP contribution in [0.1, 0.15) is 22.3 Å². The van der Waals surface area contributed by atoms with Crippen LogP contribution in [0.3, 0.4) is 0 Å². The van der Waals surface area contributed by atoms with Crippen LogP contribution in [0, 0.1) is 20.8 Å². The fraction of sp³-hybridized carbons (Fsp3) is 0.429. The molecule has 1 N–H and O–H groups in total. The molecule has 3 nitrogen and oxygen atoms in total. The molecule has 1 heterocycles. The maximum absolute atomic E-state index is 5.36. The minimum Gasteiger partial charge on any atom is -0.496 e. The number of hydrogen-bond donors (Lipinski definition) is 1. The van der Waals surface area contributed by atoms with Gasteiger partial charge in [0.15, 0.2) is 0 Å². The first kappa shape index (κ1) is 16.8. The molecule has 0 radical (unpaired) electrons. The third-order valence-corrected chi connectivity index (χ3v) is 5.30. The van der Waals surface area contributed by atoms with Crippen molar-refractivity contribution in [2.24, 2.45) is 0 Å². The van der Waals surface area contributed by atoms with Gasteiger partial charge in [-0.2, -0.15) is 0 Å². The van der Waals surface area contributed by atoms with Crippen molar-refractivity contribution in [1.29, 1.82) is 0 Å². The van der Waals surface area contributed by atoms with E-state index in [0.29, 0.717) is 0 Å². The second-order valence-electron chi connectivity index (χ2n) is 6.94. The average Bonchev–Trinajstić information content (AvgIpc) is 2.58. The Kier molecular flexibility index (Phi) is 5.10. The van der Waals surface area contributed by atoms with Gasteiger partial charge >= 0.3 is 0 Å². The SMILES string of the molecule is COc1ccc(C[NH+]2CCN(c3cccc(C)c3C)CC2)cc1C. The third kappa shape index (κ3) is 3.57. The molecule has 0 aromatic heterocycles. The molecule has 1 saturated heterocycles. The maximum Gasteiger partial charge on any atom is 0.121 e. The van der Waals surface area contributed by atoms with Crippen LogP contribution >= 0.6 is 0 Å². The summed E-state index contributed by atoms with van der Waals surface area (Å²) in [5, 5.41) is 0. The quantitative estimate of drug-likeness (QED) is 0.930. The van der Waals surface area contributed by atoms with Crippen LogP contribution in [0.5, 0.6) is 5.75 Å². The van der Waals surface area contributed by atoms with Crippen LogP contribution in [-0.4, -0.2) is 33.3 Å². The molecule has 1 aliphatic heterocycles. The molecule has 3 heteroatoms. The first-order valence-corrected chi connectivity index (χ1v) is 8.86. The Morgan fingerprint density at radius 1 is 1.00 bits per heavy atom. The molecule has 0 amide bonds. The first-order valence-electron chi connectivity index (χ1n) is 8.86. The summed E-state index contributed by atoms with van der Waals surface area (Å²) in [5.74, 6) is 0.980. The van der Waals surface area contributed by atoms with E-state index >= 15 is 0 Å². The highest BCUT2D eigenvalue weighted by Crippen LogP contribution is 2.22. The molecular weight excluding hydrogens is 296 g/mol. The third-order valence-electron chi connectivity index (χ3n) is 5.30. The van der Waals surface area contributed by atoms with Crippen LogP contribution in [0.2, 0.25) is 0 Å². The number of nitrogens with zero attached hydrogens (tertiary/aromatic N) is 1. The summed E-state index contributed by atoms with van der Waals surface area (Å²) in [7, 11) is 1.74.